The van der Waals surface area contributed by atoms with Crippen LogP contribution in [0.5, 0.6) is 5.75 Å². The van der Waals surface area contributed by atoms with Gasteiger partial charge < -0.3 is 15.8 Å². The van der Waals surface area contributed by atoms with Gasteiger partial charge in [-0.1, -0.05) is 36.4 Å². The summed E-state index contributed by atoms with van der Waals surface area (Å²) < 4.78 is 5.73. The zero-order valence-electron chi connectivity index (χ0n) is 12.8. The van der Waals surface area contributed by atoms with Crippen molar-refractivity contribution in [2.24, 2.45) is 5.73 Å². The molecule has 0 aliphatic rings. The van der Waals surface area contributed by atoms with Gasteiger partial charge in [0.1, 0.15) is 12.4 Å². The summed E-state index contributed by atoms with van der Waals surface area (Å²) in [7, 11) is 0. The molecule has 4 heteroatoms. The van der Waals surface area contributed by atoms with Gasteiger partial charge in [0.05, 0.1) is 0 Å². The van der Waals surface area contributed by atoms with E-state index in [0.29, 0.717) is 24.5 Å². The predicted molar refractivity (Wildman–Crippen MR) is 87.8 cm³/mol. The summed E-state index contributed by atoms with van der Waals surface area (Å²) in [4.78, 5) is 12.0. The molecule has 3 N–H and O–H groups in total. The van der Waals surface area contributed by atoms with E-state index in [9.17, 15) is 4.79 Å². The van der Waals surface area contributed by atoms with Crippen molar-refractivity contribution in [3.8, 4) is 5.75 Å². The summed E-state index contributed by atoms with van der Waals surface area (Å²) in [5.74, 6) is 0.578. The van der Waals surface area contributed by atoms with Crippen LogP contribution in [0.1, 0.15) is 29.3 Å². The lowest BCUT2D eigenvalue weighted by Crippen LogP contribution is -2.28. The molecule has 1 amide bonds. The molecule has 0 radical (unpaired) electrons. The molecule has 2 aromatic carbocycles. The number of carbonyl (C=O) groups is 1. The fourth-order valence-corrected chi connectivity index (χ4v) is 1.98. The molecule has 1 atom stereocenters. The Hall–Kier alpha value is -2.33. The third-order valence-corrected chi connectivity index (χ3v) is 3.23. The number of nitrogens with two attached hydrogens (primary N) is 1. The Morgan fingerprint density at radius 3 is 2.68 bits per heavy atom. The molecule has 0 saturated carbocycles. The SMILES string of the molecule is CC(N)CCNC(=O)c1cccc(OCc2ccccc2)c1. The van der Waals surface area contributed by atoms with Crippen molar-refractivity contribution in [1.82, 2.24) is 5.32 Å². The van der Waals surface area contributed by atoms with Gasteiger partial charge in [-0.15, -0.1) is 0 Å². The zero-order chi connectivity index (χ0) is 15.8. The molecule has 0 heterocycles. The molecule has 0 saturated heterocycles. The number of amides is 1. The molecule has 0 bridgehead atoms. The normalized spacial score (nSPS) is 11.7. The van der Waals surface area contributed by atoms with Gasteiger partial charge in [-0.2, -0.15) is 0 Å². The maximum Gasteiger partial charge on any atom is 0.251 e. The molecule has 116 valence electrons. The van der Waals surface area contributed by atoms with Crippen LogP contribution in [0.2, 0.25) is 0 Å². The van der Waals surface area contributed by atoms with Crippen molar-refractivity contribution >= 4 is 5.91 Å². The average Bonchev–Trinajstić information content (AvgIpc) is 2.54. The van der Waals surface area contributed by atoms with E-state index in [2.05, 4.69) is 5.32 Å². The fraction of sp³-hybridized carbons (Fsp3) is 0.278. The molecule has 0 aliphatic carbocycles. The summed E-state index contributed by atoms with van der Waals surface area (Å²) in [6.07, 6.45) is 0.760. The third kappa shape index (κ3) is 5.22. The topological polar surface area (TPSA) is 64.3 Å². The molecule has 0 fully saturated rings. The van der Waals surface area contributed by atoms with Gasteiger partial charge >= 0.3 is 0 Å². The van der Waals surface area contributed by atoms with Crippen LogP contribution in [-0.4, -0.2) is 18.5 Å². The summed E-state index contributed by atoms with van der Waals surface area (Å²) in [5.41, 5.74) is 7.35. The Labute approximate surface area is 131 Å². The number of hydrogen-bond donors (Lipinski definition) is 2. The highest BCUT2D eigenvalue weighted by Crippen LogP contribution is 2.15. The average molecular weight is 298 g/mol. The van der Waals surface area contributed by atoms with Gasteiger partial charge in [0.2, 0.25) is 0 Å². The number of carbonyl (C=O) groups excluding carboxylic acids is 1. The molecule has 0 spiro atoms. The van der Waals surface area contributed by atoms with E-state index in [1.54, 1.807) is 12.1 Å². The van der Waals surface area contributed by atoms with Gasteiger partial charge in [-0.25, -0.2) is 0 Å². The Morgan fingerprint density at radius 2 is 1.95 bits per heavy atom. The van der Waals surface area contributed by atoms with E-state index in [4.69, 9.17) is 10.5 Å². The van der Waals surface area contributed by atoms with E-state index >= 15 is 0 Å². The number of ether oxygens (including phenoxy) is 1. The monoisotopic (exact) mass is 298 g/mol. The predicted octanol–water partition coefficient (Wildman–Crippen LogP) is 2.73. The molecule has 0 aromatic heterocycles. The number of benzene rings is 2. The van der Waals surface area contributed by atoms with E-state index in [1.807, 2.05) is 49.4 Å². The van der Waals surface area contributed by atoms with Gasteiger partial charge in [-0.05, 0) is 37.1 Å². The van der Waals surface area contributed by atoms with Crippen molar-refractivity contribution in [2.75, 3.05) is 6.54 Å². The minimum Gasteiger partial charge on any atom is -0.489 e. The first-order valence-corrected chi connectivity index (χ1v) is 7.46. The van der Waals surface area contributed by atoms with Crippen LogP contribution in [0, 0.1) is 0 Å². The quantitative estimate of drug-likeness (QED) is 0.826. The van der Waals surface area contributed by atoms with Gasteiger partial charge in [-0.3, -0.25) is 4.79 Å². The first-order chi connectivity index (χ1) is 10.6. The maximum absolute atomic E-state index is 12.0. The van der Waals surface area contributed by atoms with Gasteiger partial charge in [0.25, 0.3) is 5.91 Å². The highest BCUT2D eigenvalue weighted by atomic mass is 16.5. The zero-order valence-corrected chi connectivity index (χ0v) is 12.8. The number of rotatable bonds is 7. The Kier molecular flexibility index (Phi) is 5.98. The third-order valence-electron chi connectivity index (χ3n) is 3.23. The summed E-state index contributed by atoms with van der Waals surface area (Å²) in [5, 5.41) is 2.86. The Morgan fingerprint density at radius 1 is 1.18 bits per heavy atom. The highest BCUT2D eigenvalue weighted by molar-refractivity contribution is 5.94. The van der Waals surface area contributed by atoms with Crippen molar-refractivity contribution < 1.29 is 9.53 Å². The van der Waals surface area contributed by atoms with Gasteiger partial charge in [0, 0.05) is 18.2 Å². The molecule has 0 aliphatic heterocycles. The van der Waals surface area contributed by atoms with E-state index in [-0.39, 0.29) is 11.9 Å². The standard InChI is InChI=1S/C18H22N2O2/c1-14(19)10-11-20-18(21)16-8-5-9-17(12-16)22-13-15-6-3-2-4-7-15/h2-9,12,14H,10-11,13,19H2,1H3,(H,20,21). The first-order valence-electron chi connectivity index (χ1n) is 7.46. The van der Waals surface area contributed by atoms with Crippen LogP contribution >= 0.6 is 0 Å². The summed E-state index contributed by atoms with van der Waals surface area (Å²) in [6, 6.07) is 17.2. The Balaban J connectivity index is 1.90. The molecular formula is C18H22N2O2. The number of hydrogen-bond acceptors (Lipinski definition) is 3. The van der Waals surface area contributed by atoms with Gasteiger partial charge in [0.15, 0.2) is 0 Å². The van der Waals surface area contributed by atoms with Crippen molar-refractivity contribution in [1.29, 1.82) is 0 Å². The lowest BCUT2D eigenvalue weighted by molar-refractivity contribution is 0.0952. The van der Waals surface area contributed by atoms with Crippen LogP contribution in [0.15, 0.2) is 54.6 Å². The molecule has 22 heavy (non-hydrogen) atoms. The van der Waals surface area contributed by atoms with Crippen LogP contribution in [0.25, 0.3) is 0 Å². The largest absolute Gasteiger partial charge is 0.489 e. The fourth-order valence-electron chi connectivity index (χ4n) is 1.98. The van der Waals surface area contributed by atoms with E-state index in [0.717, 1.165) is 12.0 Å². The molecule has 4 nitrogen and oxygen atoms in total. The lowest BCUT2D eigenvalue weighted by atomic mass is 10.2. The van der Waals surface area contributed by atoms with Crippen LogP contribution < -0.4 is 15.8 Å². The maximum atomic E-state index is 12.0. The number of nitrogens with one attached hydrogen (secondary N) is 1. The lowest BCUT2D eigenvalue weighted by Gasteiger charge is -2.09. The highest BCUT2D eigenvalue weighted by Gasteiger charge is 2.06. The molecule has 1 unspecified atom stereocenters. The second-order valence-corrected chi connectivity index (χ2v) is 5.32. The Bertz CT molecular complexity index is 597. The van der Waals surface area contributed by atoms with Crippen LogP contribution in [0.4, 0.5) is 0 Å². The van der Waals surface area contributed by atoms with Crippen LogP contribution in [0.3, 0.4) is 0 Å². The minimum absolute atomic E-state index is 0.0841. The summed E-state index contributed by atoms with van der Waals surface area (Å²) in [6.45, 7) is 2.98. The second kappa shape index (κ2) is 8.20. The van der Waals surface area contributed by atoms with Crippen molar-refractivity contribution in [3.05, 3.63) is 65.7 Å². The molecule has 2 aromatic rings. The summed E-state index contributed by atoms with van der Waals surface area (Å²) >= 11 is 0. The first kappa shape index (κ1) is 16.0. The molecular weight excluding hydrogens is 276 g/mol. The molecule has 2 rings (SSSR count). The van der Waals surface area contributed by atoms with Crippen molar-refractivity contribution in [3.63, 3.8) is 0 Å². The van der Waals surface area contributed by atoms with Crippen molar-refractivity contribution in [2.45, 2.75) is 26.0 Å². The van der Waals surface area contributed by atoms with Crippen LogP contribution in [-0.2, 0) is 6.61 Å². The minimum atomic E-state index is -0.106. The smallest absolute Gasteiger partial charge is 0.251 e. The second-order valence-electron chi connectivity index (χ2n) is 5.32. The van der Waals surface area contributed by atoms with E-state index in [1.165, 1.54) is 0 Å². The van der Waals surface area contributed by atoms with E-state index < -0.39 is 0 Å².